The number of rotatable bonds is 8. The largest absolute Gasteiger partial charge is 0.376 e. The minimum Gasteiger partial charge on any atom is -0.376 e. The molecule has 1 rings (SSSR count). The van der Waals surface area contributed by atoms with E-state index >= 15 is 0 Å². The Morgan fingerprint density at radius 3 is 2.56 bits per heavy atom. The second-order valence-electron chi connectivity index (χ2n) is 4.09. The molecule has 0 aliphatic carbocycles. The van der Waals surface area contributed by atoms with Crippen molar-refractivity contribution in [3.63, 3.8) is 0 Å². The van der Waals surface area contributed by atoms with E-state index in [1.54, 1.807) is 0 Å². The number of ether oxygens (including phenoxy) is 3. The van der Waals surface area contributed by atoms with Gasteiger partial charge in [0.1, 0.15) is 0 Å². The van der Waals surface area contributed by atoms with Gasteiger partial charge in [-0.25, -0.2) is 0 Å². The predicted octanol–water partition coefficient (Wildman–Crippen LogP) is 1.40. The molecule has 0 aromatic rings. The molecule has 1 atom stereocenters. The van der Waals surface area contributed by atoms with Crippen LogP contribution < -0.4 is 5.32 Å². The maximum absolute atomic E-state index is 5.65. The molecule has 4 nitrogen and oxygen atoms in total. The Hall–Kier alpha value is -0.160. The summed E-state index contributed by atoms with van der Waals surface area (Å²) >= 11 is 0. The summed E-state index contributed by atoms with van der Waals surface area (Å²) in [6, 6.07) is 0. The standard InChI is InChI=1S/C12H25NO3/c1-3-15-12(16-4-2)10-14-9-11-6-5-7-13-8-11/h11-13H,3-10H2,1-2H3. The quantitative estimate of drug-likeness (QED) is 0.641. The van der Waals surface area contributed by atoms with Gasteiger partial charge >= 0.3 is 0 Å². The Labute approximate surface area is 98.6 Å². The number of piperidine rings is 1. The Bertz CT molecular complexity index is 154. The topological polar surface area (TPSA) is 39.7 Å². The van der Waals surface area contributed by atoms with Gasteiger partial charge in [0, 0.05) is 19.8 Å². The van der Waals surface area contributed by atoms with Gasteiger partial charge in [-0.3, -0.25) is 0 Å². The van der Waals surface area contributed by atoms with Crippen LogP contribution in [0.15, 0.2) is 0 Å². The van der Waals surface area contributed by atoms with Gasteiger partial charge in [0.05, 0.1) is 13.2 Å². The summed E-state index contributed by atoms with van der Waals surface area (Å²) in [5.41, 5.74) is 0. The molecule has 0 aromatic carbocycles. The highest BCUT2D eigenvalue weighted by molar-refractivity contribution is 4.68. The fraction of sp³-hybridized carbons (Fsp3) is 1.00. The molecule has 1 aliphatic rings. The van der Waals surface area contributed by atoms with Crippen molar-refractivity contribution in [3.8, 4) is 0 Å². The fourth-order valence-corrected chi connectivity index (χ4v) is 1.91. The van der Waals surface area contributed by atoms with Gasteiger partial charge in [-0.2, -0.15) is 0 Å². The lowest BCUT2D eigenvalue weighted by Crippen LogP contribution is -2.33. The fourth-order valence-electron chi connectivity index (χ4n) is 1.91. The predicted molar refractivity (Wildman–Crippen MR) is 63.5 cm³/mol. The smallest absolute Gasteiger partial charge is 0.180 e. The van der Waals surface area contributed by atoms with Crippen LogP contribution in [0.4, 0.5) is 0 Å². The molecular weight excluding hydrogens is 206 g/mol. The van der Waals surface area contributed by atoms with E-state index in [1.807, 2.05) is 13.8 Å². The zero-order valence-corrected chi connectivity index (χ0v) is 10.5. The zero-order valence-electron chi connectivity index (χ0n) is 10.5. The lowest BCUT2D eigenvalue weighted by molar-refractivity contribution is -0.169. The van der Waals surface area contributed by atoms with Crippen LogP contribution in [-0.2, 0) is 14.2 Å². The summed E-state index contributed by atoms with van der Waals surface area (Å²) in [6.07, 6.45) is 2.32. The Kier molecular flexibility index (Phi) is 7.76. The molecule has 1 N–H and O–H groups in total. The third-order valence-electron chi connectivity index (χ3n) is 2.71. The van der Waals surface area contributed by atoms with Crippen molar-refractivity contribution < 1.29 is 14.2 Å². The van der Waals surface area contributed by atoms with E-state index in [4.69, 9.17) is 14.2 Å². The minimum atomic E-state index is -0.202. The van der Waals surface area contributed by atoms with Gasteiger partial charge < -0.3 is 19.5 Å². The van der Waals surface area contributed by atoms with E-state index in [9.17, 15) is 0 Å². The van der Waals surface area contributed by atoms with Crippen LogP contribution in [0.25, 0.3) is 0 Å². The second-order valence-corrected chi connectivity index (χ2v) is 4.09. The number of hydrogen-bond donors (Lipinski definition) is 1. The van der Waals surface area contributed by atoms with E-state index in [0.29, 0.717) is 25.7 Å². The SMILES string of the molecule is CCOC(COCC1CCCNC1)OCC. The number of hydrogen-bond acceptors (Lipinski definition) is 4. The molecule has 0 bridgehead atoms. The van der Waals surface area contributed by atoms with E-state index in [1.165, 1.54) is 12.8 Å². The summed E-state index contributed by atoms with van der Waals surface area (Å²) in [6.45, 7) is 8.85. The second kappa shape index (κ2) is 8.93. The highest BCUT2D eigenvalue weighted by atomic mass is 16.7. The Morgan fingerprint density at radius 1 is 1.25 bits per heavy atom. The van der Waals surface area contributed by atoms with Crippen LogP contribution in [0.1, 0.15) is 26.7 Å². The van der Waals surface area contributed by atoms with Gasteiger partial charge in [0.2, 0.25) is 0 Å². The van der Waals surface area contributed by atoms with Crippen LogP contribution in [-0.4, -0.2) is 45.8 Å². The Morgan fingerprint density at radius 2 is 2.00 bits per heavy atom. The molecule has 96 valence electrons. The van der Waals surface area contributed by atoms with Gasteiger partial charge in [-0.15, -0.1) is 0 Å². The average Bonchev–Trinajstić information content (AvgIpc) is 2.31. The molecule has 0 radical (unpaired) electrons. The molecule has 1 saturated heterocycles. The molecule has 4 heteroatoms. The minimum absolute atomic E-state index is 0.202. The normalized spacial score (nSPS) is 21.6. The van der Waals surface area contributed by atoms with E-state index in [-0.39, 0.29) is 6.29 Å². The molecule has 1 aliphatic heterocycles. The summed E-state index contributed by atoms with van der Waals surface area (Å²) < 4.78 is 16.5. The number of nitrogens with one attached hydrogen (secondary N) is 1. The first-order valence-electron chi connectivity index (χ1n) is 6.38. The third-order valence-corrected chi connectivity index (χ3v) is 2.71. The Balaban J connectivity index is 2.06. The van der Waals surface area contributed by atoms with Crippen molar-refractivity contribution in [2.45, 2.75) is 33.0 Å². The maximum Gasteiger partial charge on any atom is 0.180 e. The van der Waals surface area contributed by atoms with Gasteiger partial charge in [-0.1, -0.05) is 0 Å². The van der Waals surface area contributed by atoms with Crippen molar-refractivity contribution >= 4 is 0 Å². The molecule has 16 heavy (non-hydrogen) atoms. The van der Waals surface area contributed by atoms with Crippen molar-refractivity contribution in [1.82, 2.24) is 5.32 Å². The molecule has 0 amide bonds. The molecule has 1 heterocycles. The van der Waals surface area contributed by atoms with E-state index < -0.39 is 0 Å². The summed E-state index contributed by atoms with van der Waals surface area (Å²) in [5, 5.41) is 3.38. The first-order valence-corrected chi connectivity index (χ1v) is 6.38. The van der Waals surface area contributed by atoms with Gasteiger partial charge in [-0.05, 0) is 39.2 Å². The van der Waals surface area contributed by atoms with E-state index in [0.717, 1.165) is 19.7 Å². The van der Waals surface area contributed by atoms with Crippen molar-refractivity contribution in [2.24, 2.45) is 5.92 Å². The molecule has 1 fully saturated rings. The molecule has 0 aromatic heterocycles. The zero-order chi connectivity index (χ0) is 11.6. The highest BCUT2D eigenvalue weighted by Gasteiger charge is 2.14. The van der Waals surface area contributed by atoms with Crippen molar-refractivity contribution in [2.75, 3.05) is 39.5 Å². The molecule has 0 spiro atoms. The lowest BCUT2D eigenvalue weighted by Gasteiger charge is -2.24. The monoisotopic (exact) mass is 231 g/mol. The average molecular weight is 231 g/mol. The van der Waals surface area contributed by atoms with Crippen molar-refractivity contribution in [3.05, 3.63) is 0 Å². The van der Waals surface area contributed by atoms with Crippen LogP contribution >= 0.6 is 0 Å². The van der Waals surface area contributed by atoms with Crippen LogP contribution in [0.3, 0.4) is 0 Å². The maximum atomic E-state index is 5.65. The van der Waals surface area contributed by atoms with Crippen LogP contribution in [0.2, 0.25) is 0 Å². The molecular formula is C12H25NO3. The van der Waals surface area contributed by atoms with Gasteiger partial charge in [0.15, 0.2) is 6.29 Å². The van der Waals surface area contributed by atoms with Crippen LogP contribution in [0, 0.1) is 5.92 Å². The highest BCUT2D eigenvalue weighted by Crippen LogP contribution is 2.10. The summed E-state index contributed by atoms with van der Waals surface area (Å²) in [5.74, 6) is 0.651. The lowest BCUT2D eigenvalue weighted by atomic mass is 10.0. The molecule has 1 unspecified atom stereocenters. The third kappa shape index (κ3) is 5.80. The summed E-state index contributed by atoms with van der Waals surface area (Å²) in [7, 11) is 0. The van der Waals surface area contributed by atoms with E-state index in [2.05, 4.69) is 5.32 Å². The first kappa shape index (κ1) is 13.9. The molecule has 0 saturated carbocycles. The van der Waals surface area contributed by atoms with Crippen LogP contribution in [0.5, 0.6) is 0 Å². The summed E-state index contributed by atoms with van der Waals surface area (Å²) in [4.78, 5) is 0. The van der Waals surface area contributed by atoms with Gasteiger partial charge in [0.25, 0.3) is 0 Å². The first-order chi connectivity index (χ1) is 7.86. The van der Waals surface area contributed by atoms with Crippen molar-refractivity contribution in [1.29, 1.82) is 0 Å².